The molecular formula is C9H6BrN3O3. The number of halogens is 1. The first kappa shape index (κ1) is 10.7. The van der Waals surface area contributed by atoms with Gasteiger partial charge in [-0.1, -0.05) is 15.9 Å². The Balaban J connectivity index is 2.72. The zero-order valence-corrected chi connectivity index (χ0v) is 9.52. The second-order valence-corrected chi connectivity index (χ2v) is 3.67. The fraction of sp³-hybridized carbons (Fsp3) is 0.111. The minimum atomic E-state index is -0.518. The van der Waals surface area contributed by atoms with Gasteiger partial charge in [0.05, 0.1) is 21.3 Å². The summed E-state index contributed by atoms with van der Waals surface area (Å²) < 4.78 is 0. The summed E-state index contributed by atoms with van der Waals surface area (Å²) in [6.07, 6.45) is 0. The van der Waals surface area contributed by atoms with Crippen molar-refractivity contribution in [1.82, 2.24) is 9.97 Å². The van der Waals surface area contributed by atoms with Crippen LogP contribution in [0.3, 0.4) is 0 Å². The van der Waals surface area contributed by atoms with E-state index in [0.717, 1.165) is 0 Å². The maximum atomic E-state index is 11.4. The summed E-state index contributed by atoms with van der Waals surface area (Å²) in [6, 6.07) is 4.16. The van der Waals surface area contributed by atoms with Gasteiger partial charge in [-0.25, -0.2) is 4.98 Å². The molecule has 0 bridgehead atoms. The van der Waals surface area contributed by atoms with Gasteiger partial charge in [0.2, 0.25) is 0 Å². The number of aromatic amines is 1. The topological polar surface area (TPSA) is 88.9 Å². The van der Waals surface area contributed by atoms with E-state index in [1.807, 2.05) is 0 Å². The summed E-state index contributed by atoms with van der Waals surface area (Å²) in [4.78, 5) is 28.1. The molecule has 7 heteroatoms. The number of hydrogen-bond donors (Lipinski definition) is 1. The van der Waals surface area contributed by atoms with E-state index in [1.165, 1.54) is 18.2 Å². The van der Waals surface area contributed by atoms with Gasteiger partial charge in [-0.2, -0.15) is 0 Å². The van der Waals surface area contributed by atoms with Gasteiger partial charge in [0, 0.05) is 12.1 Å². The number of nitro groups is 1. The fourth-order valence-electron chi connectivity index (χ4n) is 1.32. The molecule has 0 radical (unpaired) electrons. The highest BCUT2D eigenvalue weighted by atomic mass is 79.9. The van der Waals surface area contributed by atoms with Crippen molar-refractivity contribution in [3.8, 4) is 0 Å². The Morgan fingerprint density at radius 3 is 2.88 bits per heavy atom. The predicted octanol–water partition coefficient (Wildman–Crippen LogP) is 1.73. The molecule has 2 aromatic rings. The van der Waals surface area contributed by atoms with Crippen LogP contribution in [0.15, 0.2) is 23.0 Å². The standard InChI is InChI=1S/C9H6BrN3O3/c10-4-8-9(14)12-7-3-5(13(15)16)1-2-6(7)11-8/h1-3H,4H2,(H,12,14). The minimum absolute atomic E-state index is 0.0726. The number of nitro benzene ring substituents is 1. The molecule has 82 valence electrons. The van der Waals surface area contributed by atoms with Crippen LogP contribution in [0.5, 0.6) is 0 Å². The van der Waals surface area contributed by atoms with E-state index in [4.69, 9.17) is 0 Å². The van der Waals surface area contributed by atoms with Gasteiger partial charge >= 0.3 is 0 Å². The van der Waals surface area contributed by atoms with Crippen molar-refractivity contribution in [2.24, 2.45) is 0 Å². The molecule has 6 nitrogen and oxygen atoms in total. The third-order valence-electron chi connectivity index (χ3n) is 2.08. The molecule has 0 saturated heterocycles. The third-order valence-corrected chi connectivity index (χ3v) is 2.61. The predicted molar refractivity (Wildman–Crippen MR) is 61.6 cm³/mol. The van der Waals surface area contributed by atoms with Crippen molar-refractivity contribution in [3.63, 3.8) is 0 Å². The van der Waals surface area contributed by atoms with Crippen molar-refractivity contribution in [1.29, 1.82) is 0 Å². The van der Waals surface area contributed by atoms with Crippen molar-refractivity contribution < 1.29 is 4.92 Å². The van der Waals surface area contributed by atoms with Crippen LogP contribution in [-0.4, -0.2) is 14.9 Å². The minimum Gasteiger partial charge on any atom is -0.319 e. The van der Waals surface area contributed by atoms with Crippen LogP contribution >= 0.6 is 15.9 Å². The fourth-order valence-corrected chi connectivity index (χ4v) is 1.70. The number of alkyl halides is 1. The smallest absolute Gasteiger partial charge is 0.271 e. The normalized spacial score (nSPS) is 10.6. The summed E-state index contributed by atoms with van der Waals surface area (Å²) in [5.74, 6) is 0. The van der Waals surface area contributed by atoms with Crippen LogP contribution in [0, 0.1) is 10.1 Å². The van der Waals surface area contributed by atoms with Crippen molar-refractivity contribution in [2.45, 2.75) is 5.33 Å². The number of rotatable bonds is 2. The van der Waals surface area contributed by atoms with Crippen LogP contribution in [0.4, 0.5) is 5.69 Å². The molecule has 16 heavy (non-hydrogen) atoms. The lowest BCUT2D eigenvalue weighted by Crippen LogP contribution is -2.13. The first-order valence-corrected chi connectivity index (χ1v) is 5.47. The van der Waals surface area contributed by atoms with Gasteiger partial charge in [0.15, 0.2) is 0 Å². The van der Waals surface area contributed by atoms with Crippen molar-refractivity contribution in [3.05, 3.63) is 44.4 Å². The molecule has 1 aromatic carbocycles. The highest BCUT2D eigenvalue weighted by molar-refractivity contribution is 9.08. The number of aromatic nitrogens is 2. The highest BCUT2D eigenvalue weighted by Gasteiger charge is 2.09. The van der Waals surface area contributed by atoms with Gasteiger partial charge in [0.25, 0.3) is 11.2 Å². The molecule has 1 aromatic heterocycles. The van der Waals surface area contributed by atoms with Gasteiger partial charge in [-0.15, -0.1) is 0 Å². The summed E-state index contributed by atoms with van der Waals surface area (Å²) >= 11 is 3.14. The summed E-state index contributed by atoms with van der Waals surface area (Å²) in [6.45, 7) is 0. The monoisotopic (exact) mass is 283 g/mol. The van der Waals surface area contributed by atoms with E-state index in [1.54, 1.807) is 0 Å². The Kier molecular flexibility index (Phi) is 2.69. The second-order valence-electron chi connectivity index (χ2n) is 3.10. The Morgan fingerprint density at radius 2 is 2.25 bits per heavy atom. The van der Waals surface area contributed by atoms with Gasteiger partial charge in [0.1, 0.15) is 5.69 Å². The maximum absolute atomic E-state index is 11.4. The molecule has 0 atom stereocenters. The van der Waals surface area contributed by atoms with Gasteiger partial charge in [-0.3, -0.25) is 14.9 Å². The summed E-state index contributed by atoms with van der Waals surface area (Å²) in [5.41, 5.74) is 0.825. The lowest BCUT2D eigenvalue weighted by molar-refractivity contribution is -0.384. The van der Waals surface area contributed by atoms with Crippen molar-refractivity contribution in [2.75, 3.05) is 0 Å². The van der Waals surface area contributed by atoms with Crippen LogP contribution in [-0.2, 0) is 5.33 Å². The van der Waals surface area contributed by atoms with E-state index in [-0.39, 0.29) is 11.2 Å². The molecule has 0 fully saturated rings. The number of H-pyrrole nitrogens is 1. The number of fused-ring (bicyclic) bond motifs is 1. The average Bonchev–Trinajstić information content (AvgIpc) is 2.27. The molecule has 2 rings (SSSR count). The first-order chi connectivity index (χ1) is 7.61. The Morgan fingerprint density at radius 1 is 1.50 bits per heavy atom. The van der Waals surface area contributed by atoms with Crippen molar-refractivity contribution >= 4 is 32.7 Å². The highest BCUT2D eigenvalue weighted by Crippen LogP contribution is 2.16. The molecule has 0 aliphatic heterocycles. The van der Waals surface area contributed by atoms with Crippen LogP contribution in [0.1, 0.15) is 5.69 Å². The number of nitrogens with one attached hydrogen (secondary N) is 1. The third kappa shape index (κ3) is 1.81. The number of nitrogens with zero attached hydrogens (tertiary/aromatic N) is 2. The molecule has 0 aliphatic carbocycles. The Hall–Kier alpha value is -1.76. The van der Waals surface area contributed by atoms with E-state index >= 15 is 0 Å². The molecule has 0 spiro atoms. The number of benzene rings is 1. The van der Waals surface area contributed by atoms with E-state index in [2.05, 4.69) is 25.9 Å². The SMILES string of the molecule is O=c1[nH]c2cc([N+](=O)[O-])ccc2nc1CBr. The zero-order valence-electron chi connectivity index (χ0n) is 7.94. The van der Waals surface area contributed by atoms with Crippen LogP contribution in [0.2, 0.25) is 0 Å². The lowest BCUT2D eigenvalue weighted by Gasteiger charge is -1.99. The maximum Gasteiger partial charge on any atom is 0.271 e. The first-order valence-electron chi connectivity index (χ1n) is 4.35. The number of hydrogen-bond acceptors (Lipinski definition) is 4. The summed E-state index contributed by atoms with van der Waals surface area (Å²) in [5, 5.41) is 10.9. The molecule has 1 heterocycles. The van der Waals surface area contributed by atoms with E-state index in [9.17, 15) is 14.9 Å². The Labute approximate surface area is 97.6 Å². The average molecular weight is 284 g/mol. The molecule has 1 N–H and O–H groups in total. The Bertz CT molecular complexity index is 623. The molecule has 0 amide bonds. The lowest BCUT2D eigenvalue weighted by atomic mass is 10.2. The largest absolute Gasteiger partial charge is 0.319 e. The molecule has 0 saturated carbocycles. The van der Waals surface area contributed by atoms with Crippen LogP contribution in [0.25, 0.3) is 11.0 Å². The van der Waals surface area contributed by atoms with Gasteiger partial charge < -0.3 is 4.98 Å². The molecule has 0 unspecified atom stereocenters. The second kappa shape index (κ2) is 4.01. The quantitative estimate of drug-likeness (QED) is 0.516. The van der Waals surface area contributed by atoms with E-state index < -0.39 is 4.92 Å². The molecular weight excluding hydrogens is 278 g/mol. The zero-order chi connectivity index (χ0) is 11.7. The number of non-ortho nitro benzene ring substituents is 1. The molecule has 0 aliphatic rings. The van der Waals surface area contributed by atoms with E-state index in [0.29, 0.717) is 22.1 Å². The summed E-state index contributed by atoms with van der Waals surface area (Å²) in [7, 11) is 0. The van der Waals surface area contributed by atoms with Gasteiger partial charge in [-0.05, 0) is 6.07 Å². The van der Waals surface area contributed by atoms with Crippen LogP contribution < -0.4 is 5.56 Å².